The zero-order chi connectivity index (χ0) is 20.5. The first-order chi connectivity index (χ1) is 14.0. The number of carbonyl (C=O) groups is 2. The van der Waals surface area contributed by atoms with Gasteiger partial charge in [-0.2, -0.15) is 0 Å². The van der Waals surface area contributed by atoms with E-state index in [1.54, 1.807) is 42.3 Å². The van der Waals surface area contributed by atoms with Gasteiger partial charge in [0.2, 0.25) is 5.78 Å². The Bertz CT molecular complexity index is 1220. The summed E-state index contributed by atoms with van der Waals surface area (Å²) < 4.78 is 9.05. The maximum Gasteiger partial charge on any atom is 0.341 e. The zero-order valence-electron chi connectivity index (χ0n) is 16.6. The van der Waals surface area contributed by atoms with Crippen LogP contribution in [0.15, 0.2) is 55.0 Å². The summed E-state index contributed by atoms with van der Waals surface area (Å²) in [6.45, 7) is 0.963. The SMILES string of the molecule is CN(C)CCOC(=O)c1c2ccccc2n2cc(C(=O)c3nccn3C)ccc12. The van der Waals surface area contributed by atoms with Crippen molar-refractivity contribution < 1.29 is 14.3 Å². The molecular weight excluding hydrogens is 368 g/mol. The maximum atomic E-state index is 12.9. The number of rotatable bonds is 6. The summed E-state index contributed by atoms with van der Waals surface area (Å²) in [7, 11) is 5.64. The molecule has 0 unspecified atom stereocenters. The first-order valence-corrected chi connectivity index (χ1v) is 9.34. The fourth-order valence-electron chi connectivity index (χ4n) is 3.39. The van der Waals surface area contributed by atoms with E-state index in [0.29, 0.717) is 35.6 Å². The van der Waals surface area contributed by atoms with Gasteiger partial charge in [-0.05, 0) is 32.3 Å². The number of aromatic nitrogens is 3. The van der Waals surface area contributed by atoms with E-state index in [0.717, 1.165) is 10.9 Å². The molecule has 0 aliphatic heterocycles. The minimum absolute atomic E-state index is 0.174. The Morgan fingerprint density at radius 1 is 1.10 bits per heavy atom. The third-order valence-corrected chi connectivity index (χ3v) is 4.90. The van der Waals surface area contributed by atoms with E-state index >= 15 is 0 Å². The highest BCUT2D eigenvalue weighted by Gasteiger charge is 2.21. The first kappa shape index (κ1) is 18.9. The van der Waals surface area contributed by atoms with Crippen LogP contribution in [0.2, 0.25) is 0 Å². The highest BCUT2D eigenvalue weighted by Crippen LogP contribution is 2.28. The lowest BCUT2D eigenvalue weighted by Crippen LogP contribution is -2.20. The molecule has 0 spiro atoms. The quantitative estimate of drug-likeness (QED) is 0.374. The molecule has 0 atom stereocenters. The van der Waals surface area contributed by atoms with Crippen molar-refractivity contribution in [2.75, 3.05) is 27.2 Å². The molecule has 3 aromatic heterocycles. The molecule has 148 valence electrons. The Balaban J connectivity index is 1.80. The largest absolute Gasteiger partial charge is 0.461 e. The van der Waals surface area contributed by atoms with E-state index < -0.39 is 0 Å². The number of esters is 1. The molecule has 0 amide bonds. The number of nitrogens with zero attached hydrogens (tertiary/aromatic N) is 4. The number of para-hydroxylation sites is 1. The predicted molar refractivity (Wildman–Crippen MR) is 110 cm³/mol. The van der Waals surface area contributed by atoms with Crippen molar-refractivity contribution in [2.45, 2.75) is 0 Å². The second kappa shape index (κ2) is 7.52. The van der Waals surface area contributed by atoms with Crippen molar-refractivity contribution in [1.29, 1.82) is 0 Å². The van der Waals surface area contributed by atoms with Crippen LogP contribution in [0.1, 0.15) is 26.5 Å². The molecule has 4 aromatic rings. The third-order valence-electron chi connectivity index (χ3n) is 4.90. The molecule has 0 N–H and O–H groups in total. The Kier molecular flexibility index (Phi) is 4.90. The van der Waals surface area contributed by atoms with E-state index in [1.807, 2.05) is 47.7 Å². The first-order valence-electron chi connectivity index (χ1n) is 9.34. The van der Waals surface area contributed by atoms with Gasteiger partial charge in [0.05, 0.1) is 16.6 Å². The molecule has 0 fully saturated rings. The Labute approximate surface area is 168 Å². The molecule has 1 aromatic carbocycles. The Morgan fingerprint density at radius 2 is 1.90 bits per heavy atom. The van der Waals surface area contributed by atoms with Crippen LogP contribution in [-0.4, -0.2) is 57.9 Å². The molecule has 0 aliphatic carbocycles. The molecule has 0 bridgehead atoms. The fourth-order valence-corrected chi connectivity index (χ4v) is 3.39. The maximum absolute atomic E-state index is 12.9. The minimum Gasteiger partial charge on any atom is -0.461 e. The number of ketones is 1. The molecule has 7 nitrogen and oxygen atoms in total. The third kappa shape index (κ3) is 3.40. The summed E-state index contributed by atoms with van der Waals surface area (Å²) in [5, 5.41) is 0.795. The lowest BCUT2D eigenvalue weighted by molar-refractivity contribution is 0.0486. The number of carbonyl (C=O) groups excluding carboxylic acids is 2. The lowest BCUT2D eigenvalue weighted by atomic mass is 10.1. The number of pyridine rings is 1. The number of ether oxygens (including phenoxy) is 1. The average molecular weight is 390 g/mol. The van der Waals surface area contributed by atoms with E-state index in [2.05, 4.69) is 4.98 Å². The summed E-state index contributed by atoms with van der Waals surface area (Å²) in [6.07, 6.45) is 5.09. The van der Waals surface area contributed by atoms with Crippen molar-refractivity contribution in [3.05, 3.63) is 71.9 Å². The summed E-state index contributed by atoms with van der Waals surface area (Å²) in [4.78, 5) is 31.8. The van der Waals surface area contributed by atoms with Crippen molar-refractivity contribution in [3.8, 4) is 0 Å². The van der Waals surface area contributed by atoms with E-state index in [-0.39, 0.29) is 11.8 Å². The summed E-state index contributed by atoms with van der Waals surface area (Å²) in [5.74, 6) is -0.176. The fraction of sp³-hybridized carbons (Fsp3) is 0.227. The van der Waals surface area contributed by atoms with E-state index in [1.165, 1.54) is 0 Å². The van der Waals surface area contributed by atoms with Gasteiger partial charge in [-0.25, -0.2) is 9.78 Å². The number of fused-ring (bicyclic) bond motifs is 3. The van der Waals surface area contributed by atoms with Gasteiger partial charge in [-0.15, -0.1) is 0 Å². The van der Waals surface area contributed by atoms with Crippen LogP contribution < -0.4 is 0 Å². The minimum atomic E-state index is -0.367. The second-order valence-corrected chi connectivity index (χ2v) is 7.20. The normalized spacial score (nSPS) is 11.4. The number of hydrogen-bond donors (Lipinski definition) is 0. The van der Waals surface area contributed by atoms with Crippen LogP contribution >= 0.6 is 0 Å². The molecule has 4 rings (SSSR count). The van der Waals surface area contributed by atoms with Crippen LogP contribution in [0.3, 0.4) is 0 Å². The molecule has 0 aliphatic rings. The summed E-state index contributed by atoms with van der Waals surface area (Å²) in [5.41, 5.74) is 2.56. The number of aryl methyl sites for hydroxylation is 1. The van der Waals surface area contributed by atoms with Crippen LogP contribution in [0, 0.1) is 0 Å². The molecular formula is C22H22N4O3. The van der Waals surface area contributed by atoms with Crippen molar-refractivity contribution in [3.63, 3.8) is 0 Å². The molecule has 7 heteroatoms. The van der Waals surface area contributed by atoms with Gasteiger partial charge in [0.1, 0.15) is 6.61 Å². The monoisotopic (exact) mass is 390 g/mol. The van der Waals surface area contributed by atoms with Gasteiger partial charge in [-0.3, -0.25) is 4.79 Å². The number of hydrogen-bond acceptors (Lipinski definition) is 5. The van der Waals surface area contributed by atoms with Crippen molar-refractivity contribution in [2.24, 2.45) is 7.05 Å². The average Bonchev–Trinajstić information content (AvgIpc) is 3.27. The highest BCUT2D eigenvalue weighted by atomic mass is 16.5. The van der Waals surface area contributed by atoms with Crippen LogP contribution in [-0.2, 0) is 11.8 Å². The van der Waals surface area contributed by atoms with Gasteiger partial charge in [0.15, 0.2) is 5.82 Å². The number of imidazole rings is 1. The van der Waals surface area contributed by atoms with Crippen LogP contribution in [0.5, 0.6) is 0 Å². The Hall–Kier alpha value is -3.45. The van der Waals surface area contributed by atoms with Crippen molar-refractivity contribution in [1.82, 2.24) is 18.9 Å². The van der Waals surface area contributed by atoms with Gasteiger partial charge in [0, 0.05) is 43.1 Å². The molecule has 0 saturated carbocycles. The zero-order valence-corrected chi connectivity index (χ0v) is 16.6. The summed E-state index contributed by atoms with van der Waals surface area (Å²) >= 11 is 0. The number of benzene rings is 1. The summed E-state index contributed by atoms with van der Waals surface area (Å²) in [6, 6.07) is 11.1. The van der Waals surface area contributed by atoms with Crippen LogP contribution in [0.25, 0.3) is 16.4 Å². The van der Waals surface area contributed by atoms with Crippen molar-refractivity contribution >= 4 is 28.2 Å². The van der Waals surface area contributed by atoms with Gasteiger partial charge < -0.3 is 18.6 Å². The highest BCUT2D eigenvalue weighted by molar-refractivity contribution is 6.13. The molecule has 29 heavy (non-hydrogen) atoms. The molecule has 0 radical (unpaired) electrons. The predicted octanol–water partition coefficient (Wildman–Crippen LogP) is 2.78. The lowest BCUT2D eigenvalue weighted by Gasteiger charge is -2.10. The second-order valence-electron chi connectivity index (χ2n) is 7.20. The van der Waals surface area contributed by atoms with Gasteiger partial charge >= 0.3 is 5.97 Å². The smallest absolute Gasteiger partial charge is 0.341 e. The molecule has 0 saturated heterocycles. The molecule has 3 heterocycles. The van der Waals surface area contributed by atoms with E-state index in [9.17, 15) is 9.59 Å². The van der Waals surface area contributed by atoms with E-state index in [4.69, 9.17) is 4.74 Å². The van der Waals surface area contributed by atoms with Gasteiger partial charge in [0.25, 0.3) is 0 Å². The Morgan fingerprint density at radius 3 is 2.62 bits per heavy atom. The number of likely N-dealkylation sites (N-methyl/N-ethyl adjacent to an activating group) is 1. The standard InChI is InChI=1S/C22H22N4O3/c1-24(2)12-13-29-22(28)19-16-6-4-5-7-17(16)26-14-15(8-9-18(19)26)20(27)21-23-10-11-25(21)3/h4-11,14H,12-13H2,1-3H3. The topological polar surface area (TPSA) is 68.8 Å². The van der Waals surface area contributed by atoms with Gasteiger partial charge in [-0.1, -0.05) is 18.2 Å². The van der Waals surface area contributed by atoms with Crippen LogP contribution in [0.4, 0.5) is 0 Å².